The molecule has 1 aliphatic carbocycles. The van der Waals surface area contributed by atoms with Crippen molar-refractivity contribution in [3.8, 4) is 0 Å². The Bertz CT molecular complexity index is 452. The van der Waals surface area contributed by atoms with Gasteiger partial charge in [-0.25, -0.2) is 0 Å². The number of Topliss-reactive ketones (excluding diaryl/α,β-unsaturated/α-hetero) is 1. The molecule has 2 atom stereocenters. The lowest BCUT2D eigenvalue weighted by atomic mass is 9.66. The first-order valence-electron chi connectivity index (χ1n) is 6.27. The fourth-order valence-electron chi connectivity index (χ4n) is 2.76. The van der Waals surface area contributed by atoms with Gasteiger partial charge in [0.15, 0.2) is 5.78 Å². The average molecular weight is 246 g/mol. The van der Waals surface area contributed by atoms with Gasteiger partial charge in [-0.15, -0.1) is 0 Å². The molecule has 0 aliphatic heterocycles. The lowest BCUT2D eigenvalue weighted by Crippen LogP contribution is -2.44. The van der Waals surface area contributed by atoms with Gasteiger partial charge in [-0.05, 0) is 25.3 Å². The number of hydrogen-bond donors (Lipinski definition) is 0. The average Bonchev–Trinajstić information content (AvgIpc) is 2.42. The maximum atomic E-state index is 12.5. The largest absolute Gasteiger partial charge is 0.468 e. The van der Waals surface area contributed by atoms with E-state index >= 15 is 0 Å². The summed E-state index contributed by atoms with van der Waals surface area (Å²) in [6, 6.07) is 9.69. The second-order valence-electron chi connectivity index (χ2n) is 5.03. The molecule has 0 unspecified atom stereocenters. The second kappa shape index (κ2) is 4.92. The number of carbonyl (C=O) groups is 2. The molecule has 0 spiro atoms. The first-order valence-corrected chi connectivity index (χ1v) is 6.27. The molecule has 96 valence electrons. The van der Waals surface area contributed by atoms with Crippen LogP contribution in [0.15, 0.2) is 30.3 Å². The quantitative estimate of drug-likeness (QED) is 0.595. The molecule has 1 saturated carbocycles. The molecular weight excluding hydrogens is 228 g/mol. The van der Waals surface area contributed by atoms with E-state index in [0.29, 0.717) is 6.42 Å². The zero-order valence-corrected chi connectivity index (χ0v) is 10.8. The maximum absolute atomic E-state index is 12.5. The van der Waals surface area contributed by atoms with Gasteiger partial charge in [0.2, 0.25) is 0 Å². The molecule has 1 aliphatic rings. The van der Waals surface area contributed by atoms with Crippen LogP contribution in [0.4, 0.5) is 0 Å². The normalized spacial score (nSPS) is 27.9. The Labute approximate surface area is 107 Å². The monoisotopic (exact) mass is 246 g/mol. The van der Waals surface area contributed by atoms with Crippen molar-refractivity contribution in [2.24, 2.45) is 5.92 Å². The minimum absolute atomic E-state index is 0.00759. The minimum atomic E-state index is -0.603. The SMILES string of the molecule is COC(=O)[C@@H]1CCC[C@](C)(c2ccccc2)C1=O. The van der Waals surface area contributed by atoms with Gasteiger partial charge in [-0.3, -0.25) is 9.59 Å². The molecule has 0 aromatic heterocycles. The molecule has 0 bridgehead atoms. The summed E-state index contributed by atoms with van der Waals surface area (Å²) in [5.74, 6) is -1.01. The molecule has 0 N–H and O–H groups in total. The Morgan fingerprint density at radius 3 is 2.61 bits per heavy atom. The van der Waals surface area contributed by atoms with E-state index in [-0.39, 0.29) is 5.78 Å². The third-order valence-corrected chi connectivity index (χ3v) is 3.93. The van der Waals surface area contributed by atoms with E-state index in [1.54, 1.807) is 0 Å². The number of hydrogen-bond acceptors (Lipinski definition) is 3. The van der Waals surface area contributed by atoms with E-state index in [4.69, 9.17) is 4.74 Å². The summed E-state index contributed by atoms with van der Waals surface area (Å²) >= 11 is 0. The van der Waals surface area contributed by atoms with Gasteiger partial charge in [-0.2, -0.15) is 0 Å². The van der Waals surface area contributed by atoms with Gasteiger partial charge in [0.25, 0.3) is 0 Å². The summed E-state index contributed by atoms with van der Waals surface area (Å²) in [7, 11) is 1.34. The van der Waals surface area contributed by atoms with Crippen molar-refractivity contribution in [1.29, 1.82) is 0 Å². The Kier molecular flexibility index (Phi) is 3.50. The molecule has 3 nitrogen and oxygen atoms in total. The van der Waals surface area contributed by atoms with Gasteiger partial charge in [0.1, 0.15) is 5.92 Å². The Balaban J connectivity index is 2.33. The first-order chi connectivity index (χ1) is 8.59. The van der Waals surface area contributed by atoms with E-state index in [0.717, 1.165) is 18.4 Å². The predicted octanol–water partition coefficient (Wildman–Crippen LogP) is 2.49. The van der Waals surface area contributed by atoms with Gasteiger partial charge < -0.3 is 4.74 Å². The van der Waals surface area contributed by atoms with E-state index in [1.807, 2.05) is 37.3 Å². The molecular formula is C15H18O3. The van der Waals surface area contributed by atoms with Gasteiger partial charge in [0.05, 0.1) is 12.5 Å². The molecule has 3 heteroatoms. The Hall–Kier alpha value is -1.64. The van der Waals surface area contributed by atoms with Crippen molar-refractivity contribution in [3.63, 3.8) is 0 Å². The molecule has 1 fully saturated rings. The highest BCUT2D eigenvalue weighted by Gasteiger charge is 2.45. The smallest absolute Gasteiger partial charge is 0.316 e. The minimum Gasteiger partial charge on any atom is -0.468 e. The Morgan fingerprint density at radius 1 is 1.33 bits per heavy atom. The Morgan fingerprint density at radius 2 is 2.00 bits per heavy atom. The fourth-order valence-corrected chi connectivity index (χ4v) is 2.76. The number of methoxy groups -OCH3 is 1. The van der Waals surface area contributed by atoms with Crippen LogP contribution in [0.3, 0.4) is 0 Å². The van der Waals surface area contributed by atoms with E-state index in [1.165, 1.54) is 7.11 Å². The highest BCUT2D eigenvalue weighted by Crippen LogP contribution is 2.39. The topological polar surface area (TPSA) is 43.4 Å². The number of ether oxygens (including phenoxy) is 1. The number of benzene rings is 1. The third-order valence-electron chi connectivity index (χ3n) is 3.93. The molecule has 1 aromatic rings. The lowest BCUT2D eigenvalue weighted by molar-refractivity contribution is -0.152. The van der Waals surface area contributed by atoms with Crippen molar-refractivity contribution in [3.05, 3.63) is 35.9 Å². The van der Waals surface area contributed by atoms with Crippen molar-refractivity contribution in [1.82, 2.24) is 0 Å². The van der Waals surface area contributed by atoms with E-state index in [9.17, 15) is 9.59 Å². The molecule has 2 rings (SSSR count). The summed E-state index contributed by atoms with van der Waals surface area (Å²) in [6.45, 7) is 1.93. The van der Waals surface area contributed by atoms with Crippen LogP contribution in [0.1, 0.15) is 31.7 Å². The first kappa shape index (κ1) is 12.8. The van der Waals surface area contributed by atoms with Crippen LogP contribution < -0.4 is 0 Å². The van der Waals surface area contributed by atoms with Crippen LogP contribution in [0.5, 0.6) is 0 Å². The number of esters is 1. The second-order valence-corrected chi connectivity index (χ2v) is 5.03. The van der Waals surface area contributed by atoms with Crippen molar-refractivity contribution < 1.29 is 14.3 Å². The maximum Gasteiger partial charge on any atom is 0.316 e. The van der Waals surface area contributed by atoms with Crippen LogP contribution in [0.25, 0.3) is 0 Å². The van der Waals surface area contributed by atoms with Crippen LogP contribution in [-0.2, 0) is 19.7 Å². The van der Waals surface area contributed by atoms with Crippen molar-refractivity contribution >= 4 is 11.8 Å². The van der Waals surface area contributed by atoms with Crippen LogP contribution in [-0.4, -0.2) is 18.9 Å². The predicted molar refractivity (Wildman–Crippen MR) is 68.2 cm³/mol. The summed E-state index contributed by atoms with van der Waals surface area (Å²) in [5.41, 5.74) is 0.432. The lowest BCUT2D eigenvalue weighted by Gasteiger charge is -2.35. The highest BCUT2D eigenvalue weighted by molar-refractivity contribution is 6.05. The zero-order valence-electron chi connectivity index (χ0n) is 10.8. The van der Waals surface area contributed by atoms with Gasteiger partial charge >= 0.3 is 5.97 Å². The number of carbonyl (C=O) groups excluding carboxylic acids is 2. The standard InChI is InChI=1S/C15H18O3/c1-15(11-7-4-3-5-8-11)10-6-9-12(13(15)16)14(17)18-2/h3-5,7-8,12H,6,9-10H2,1-2H3/t12-,15-/m1/s1. The van der Waals surface area contributed by atoms with Gasteiger partial charge in [-0.1, -0.05) is 36.8 Å². The van der Waals surface area contributed by atoms with Crippen molar-refractivity contribution in [2.75, 3.05) is 7.11 Å². The zero-order chi connectivity index (χ0) is 13.2. The molecule has 0 amide bonds. The number of rotatable bonds is 2. The van der Waals surface area contributed by atoms with Crippen LogP contribution in [0.2, 0.25) is 0 Å². The fraction of sp³-hybridized carbons (Fsp3) is 0.467. The summed E-state index contributed by atoms with van der Waals surface area (Å²) < 4.78 is 4.73. The molecule has 0 radical (unpaired) electrons. The highest BCUT2D eigenvalue weighted by atomic mass is 16.5. The van der Waals surface area contributed by atoms with E-state index in [2.05, 4.69) is 0 Å². The summed E-state index contributed by atoms with van der Waals surface area (Å²) in [6.07, 6.45) is 2.27. The van der Waals surface area contributed by atoms with E-state index < -0.39 is 17.3 Å². The molecule has 18 heavy (non-hydrogen) atoms. The molecule has 1 aromatic carbocycles. The molecule has 0 saturated heterocycles. The van der Waals surface area contributed by atoms with Crippen molar-refractivity contribution in [2.45, 2.75) is 31.6 Å². The summed E-state index contributed by atoms with van der Waals surface area (Å²) in [5, 5.41) is 0. The summed E-state index contributed by atoms with van der Waals surface area (Å²) in [4.78, 5) is 24.2. The number of ketones is 1. The van der Waals surface area contributed by atoms with Crippen LogP contribution in [0, 0.1) is 5.92 Å². The third kappa shape index (κ3) is 2.05. The molecule has 0 heterocycles. The van der Waals surface area contributed by atoms with Crippen LogP contribution >= 0.6 is 0 Å². The van der Waals surface area contributed by atoms with Gasteiger partial charge in [0, 0.05) is 0 Å².